The van der Waals surface area contributed by atoms with Gasteiger partial charge in [-0.25, -0.2) is 24.0 Å². The molecule has 4 aliphatic carbocycles. The van der Waals surface area contributed by atoms with Crippen molar-refractivity contribution in [3.05, 3.63) is 0 Å². The molecule has 4 fully saturated rings. The minimum absolute atomic E-state index is 0.0875. The Morgan fingerprint density at radius 1 is 0.378 bits per heavy atom. The van der Waals surface area contributed by atoms with Gasteiger partial charge in [0, 0.05) is 69.5 Å². The molecule has 0 aromatic carbocycles. The number of esters is 1. The fourth-order valence-electron chi connectivity index (χ4n) is 9.20. The van der Waals surface area contributed by atoms with Crippen LogP contribution in [0.15, 0.2) is 0 Å². The smallest absolute Gasteiger partial charge is 0.459 e. The van der Waals surface area contributed by atoms with Gasteiger partial charge in [0.05, 0.1) is 6.61 Å². The van der Waals surface area contributed by atoms with Gasteiger partial charge in [-0.2, -0.15) is 52.7 Å². The second-order valence-corrected chi connectivity index (χ2v) is 26.2. The minimum atomic E-state index is -4.86. The minimum Gasteiger partial charge on any atom is -0.459 e. The molecule has 526 valence electrons. The quantitative estimate of drug-likeness (QED) is 0.0860. The molecule has 0 saturated heterocycles. The van der Waals surface area contributed by atoms with Gasteiger partial charge in [0.15, 0.2) is 0 Å². The molecular weight excluding hydrogens is 1230 g/mol. The lowest BCUT2D eigenvalue weighted by Crippen LogP contribution is -2.49. The fourth-order valence-corrected chi connectivity index (χ4v) is 9.20. The van der Waals surface area contributed by atoms with Crippen molar-refractivity contribution < 1.29 is 115 Å². The number of carbonyl (C=O) groups is 8. The average molecular weight is 1330 g/mol. The van der Waals surface area contributed by atoms with Crippen LogP contribution in [0.3, 0.4) is 0 Å². The summed E-state index contributed by atoms with van der Waals surface area (Å²) in [4.78, 5) is 92.7. The van der Waals surface area contributed by atoms with Crippen molar-refractivity contribution >= 4 is 48.1 Å². The Bertz CT molecular complexity index is 2250. The van der Waals surface area contributed by atoms with Gasteiger partial charge >= 0.3 is 72.8 Å². The predicted molar refractivity (Wildman–Crippen MR) is 305 cm³/mol. The predicted octanol–water partition coefficient (Wildman–Crippen LogP) is 11.4. The number of rotatable bonds is 8. The van der Waals surface area contributed by atoms with Gasteiger partial charge in [-0.1, -0.05) is 0 Å². The SMILES string of the molecule is CC(C)(C)OC(=O)NC1CCC(N)CC1.CC(C)(C)OC(=O)NC1CCC(NC(=O)C(F)(F)F)CC1.CCOC(=O)C(F)(F)F.CN(C(=O)C(F)(F)F)C1CCC(NC(=O)OC(C)(C)C)CC1.CN(C(=O)OC(C)(C)C)C1CCC(N(C)C(=O)C(F)(F)F)CC1. The Balaban J connectivity index is 0.00000113. The summed E-state index contributed by atoms with van der Waals surface area (Å²) in [5.74, 6) is -7.69. The maximum absolute atomic E-state index is 12.5. The molecule has 0 aliphatic heterocycles. The van der Waals surface area contributed by atoms with Gasteiger partial charge in [-0.3, -0.25) is 14.4 Å². The van der Waals surface area contributed by atoms with Gasteiger partial charge < -0.3 is 65.4 Å². The highest BCUT2D eigenvalue weighted by Crippen LogP contribution is 2.31. The maximum atomic E-state index is 12.5. The van der Waals surface area contributed by atoms with Crippen molar-refractivity contribution in [2.45, 2.75) is 288 Å². The van der Waals surface area contributed by atoms with E-state index < -0.39 is 107 Å². The van der Waals surface area contributed by atoms with E-state index in [1.807, 2.05) is 26.1 Å². The normalized spacial score (nSPS) is 22.4. The van der Waals surface area contributed by atoms with Crippen LogP contribution in [0.2, 0.25) is 0 Å². The van der Waals surface area contributed by atoms with Crippen LogP contribution in [0, 0.1) is 0 Å². The first-order valence-corrected chi connectivity index (χ1v) is 29.5. The number of nitrogens with zero attached hydrogens (tertiary/aromatic N) is 3. The van der Waals surface area contributed by atoms with E-state index in [0.29, 0.717) is 83.1 Å². The molecule has 90 heavy (non-hydrogen) atoms. The molecular formula is C57H96F12N8O13. The Kier molecular flexibility index (Phi) is 33.4. The third-order valence-electron chi connectivity index (χ3n) is 13.6. The third kappa shape index (κ3) is 36.8. The number of ether oxygens (including phenoxy) is 5. The zero-order valence-corrected chi connectivity index (χ0v) is 54.4. The van der Waals surface area contributed by atoms with Crippen LogP contribution in [0.5, 0.6) is 0 Å². The number of nitrogens with two attached hydrogens (primary N) is 1. The van der Waals surface area contributed by atoms with Crippen LogP contribution < -0.4 is 27.0 Å². The van der Waals surface area contributed by atoms with Crippen molar-refractivity contribution in [3.63, 3.8) is 0 Å². The number of hydrogen-bond acceptors (Lipinski definition) is 14. The lowest BCUT2D eigenvalue weighted by atomic mass is 9.89. The molecule has 21 nitrogen and oxygen atoms in total. The Morgan fingerprint density at radius 3 is 0.878 bits per heavy atom. The van der Waals surface area contributed by atoms with Crippen molar-refractivity contribution in [1.29, 1.82) is 0 Å². The summed E-state index contributed by atoms with van der Waals surface area (Å²) >= 11 is 0. The van der Waals surface area contributed by atoms with Crippen LogP contribution >= 0.6 is 0 Å². The molecule has 0 spiro atoms. The van der Waals surface area contributed by atoms with Gasteiger partial charge in [-0.15, -0.1) is 0 Å². The number of carbonyl (C=O) groups excluding carboxylic acids is 8. The second-order valence-electron chi connectivity index (χ2n) is 26.2. The number of alkyl halides is 12. The average Bonchev–Trinajstić information content (AvgIpc) is 2.12. The highest BCUT2D eigenvalue weighted by Gasteiger charge is 2.46. The molecule has 4 saturated carbocycles. The third-order valence-corrected chi connectivity index (χ3v) is 13.6. The zero-order valence-electron chi connectivity index (χ0n) is 54.4. The van der Waals surface area contributed by atoms with Crippen LogP contribution in [0.25, 0.3) is 0 Å². The number of alkyl carbamates (subject to hydrolysis) is 3. The van der Waals surface area contributed by atoms with E-state index in [-0.39, 0.29) is 36.9 Å². The largest absolute Gasteiger partial charge is 0.490 e. The molecule has 0 bridgehead atoms. The summed E-state index contributed by atoms with van der Waals surface area (Å²) in [5, 5.41) is 10.2. The lowest BCUT2D eigenvalue weighted by Gasteiger charge is -2.38. The second kappa shape index (κ2) is 35.8. The van der Waals surface area contributed by atoms with Crippen molar-refractivity contribution in [2.75, 3.05) is 27.7 Å². The van der Waals surface area contributed by atoms with Gasteiger partial charge in [0.25, 0.3) is 0 Å². The van der Waals surface area contributed by atoms with E-state index in [9.17, 15) is 91.0 Å². The monoisotopic (exact) mass is 1330 g/mol. The van der Waals surface area contributed by atoms with E-state index in [0.717, 1.165) is 35.5 Å². The Morgan fingerprint density at radius 2 is 0.633 bits per heavy atom. The zero-order chi connectivity index (χ0) is 70.4. The molecule has 0 radical (unpaired) electrons. The first kappa shape index (κ1) is 84.1. The molecule has 0 heterocycles. The van der Waals surface area contributed by atoms with E-state index in [1.165, 1.54) is 25.9 Å². The van der Waals surface area contributed by atoms with E-state index in [4.69, 9.17) is 24.7 Å². The number of hydrogen-bond donors (Lipinski definition) is 5. The summed E-state index contributed by atoms with van der Waals surface area (Å²) in [7, 11) is 3.98. The summed E-state index contributed by atoms with van der Waals surface area (Å²) in [6, 6.07) is -1.23. The summed E-state index contributed by atoms with van der Waals surface area (Å²) in [6.45, 7) is 22.5. The molecule has 7 amide bonds. The summed E-state index contributed by atoms with van der Waals surface area (Å²) in [5.41, 5.74) is 3.58. The van der Waals surface area contributed by atoms with Gasteiger partial charge in [0.2, 0.25) is 0 Å². The van der Waals surface area contributed by atoms with Crippen LogP contribution in [0.4, 0.5) is 71.9 Å². The molecule has 0 aromatic rings. The van der Waals surface area contributed by atoms with E-state index >= 15 is 0 Å². The number of amides is 7. The van der Waals surface area contributed by atoms with E-state index in [2.05, 4.69) is 20.7 Å². The molecule has 0 aromatic heterocycles. The summed E-state index contributed by atoms with van der Waals surface area (Å²) in [6.07, 6.45) is -11.8. The Labute approximate surface area is 519 Å². The molecule has 6 N–H and O–H groups in total. The molecule has 0 atom stereocenters. The maximum Gasteiger partial charge on any atom is 0.490 e. The molecule has 33 heteroatoms. The van der Waals surface area contributed by atoms with Gasteiger partial charge in [0.1, 0.15) is 22.4 Å². The highest BCUT2D eigenvalue weighted by molar-refractivity contribution is 5.83. The lowest BCUT2D eigenvalue weighted by molar-refractivity contribution is -0.199. The van der Waals surface area contributed by atoms with Crippen molar-refractivity contribution in [1.82, 2.24) is 36.0 Å². The molecule has 0 unspecified atom stereocenters. The fraction of sp³-hybridized carbons (Fsp3) is 0.860. The topological polar surface area (TPSA) is 267 Å². The van der Waals surface area contributed by atoms with Crippen LogP contribution in [0.1, 0.15) is 193 Å². The highest BCUT2D eigenvalue weighted by atomic mass is 19.4. The van der Waals surface area contributed by atoms with Crippen LogP contribution in [-0.4, -0.2) is 186 Å². The first-order valence-electron chi connectivity index (χ1n) is 29.5. The molecule has 4 aliphatic rings. The summed E-state index contributed by atoms with van der Waals surface area (Å²) < 4.78 is 169. The van der Waals surface area contributed by atoms with Crippen molar-refractivity contribution in [3.8, 4) is 0 Å². The van der Waals surface area contributed by atoms with Crippen LogP contribution in [-0.2, 0) is 42.9 Å². The Hall–Kier alpha value is -5.92. The number of nitrogens with one attached hydrogen (secondary N) is 4. The van der Waals surface area contributed by atoms with E-state index in [1.54, 1.807) is 69.4 Å². The van der Waals surface area contributed by atoms with Gasteiger partial charge in [-0.05, 0) is 193 Å². The first-order chi connectivity index (χ1) is 40.5. The molecule has 4 rings (SSSR count). The van der Waals surface area contributed by atoms with Crippen molar-refractivity contribution in [2.24, 2.45) is 5.73 Å². The standard InChI is InChI=1S/C15H25F3N2O3.C14H23F3N2O3.C13H21F3N2O3.C11H22N2O2.C4H5F3O2/c1-14(2,3)23-13(22)20(5)11-8-6-10(7-9-11)19(4)12(21)15(16,17)18;1-13(2,3)22-12(21)18-9-5-7-10(8-6-9)19(4)11(20)14(15,16)17;1-12(2,3)21-11(20)18-9-6-4-8(5-7-9)17-10(19)13(14,15)16;1-11(2,3)15-10(14)13-9-6-4-8(12)5-7-9;1-2-9-3(8)4(5,6)7/h10-11H,6-9H2,1-5H3;9-10H,5-8H2,1-4H3,(H,18,21);8-9H,4-7H2,1-3H3,(H,17,19)(H,18,20);8-9H,4-7,12H2,1-3H3,(H,13,14);2H2,1H3. The number of halogens is 12.